The molecule has 1 aliphatic carbocycles. The molecule has 0 saturated heterocycles. The van der Waals surface area contributed by atoms with Gasteiger partial charge in [0.1, 0.15) is 5.82 Å². The van der Waals surface area contributed by atoms with Crippen LogP contribution in [0.3, 0.4) is 0 Å². The van der Waals surface area contributed by atoms with Crippen molar-refractivity contribution in [3.63, 3.8) is 0 Å². The molecule has 2 unspecified atom stereocenters. The Morgan fingerprint density at radius 1 is 1.42 bits per heavy atom. The second kappa shape index (κ2) is 5.84. The van der Waals surface area contributed by atoms with E-state index < -0.39 is 0 Å². The van der Waals surface area contributed by atoms with E-state index in [1.807, 2.05) is 12.3 Å². The largest absolute Gasteiger partial charge is 0.313 e. The van der Waals surface area contributed by atoms with Crippen molar-refractivity contribution in [1.82, 2.24) is 5.32 Å². The summed E-state index contributed by atoms with van der Waals surface area (Å²) in [4.78, 5) is 0.738. The summed E-state index contributed by atoms with van der Waals surface area (Å²) in [5.41, 5.74) is 1.36. The van der Waals surface area contributed by atoms with Crippen LogP contribution in [0.25, 0.3) is 0 Å². The molecule has 0 heterocycles. The van der Waals surface area contributed by atoms with Gasteiger partial charge in [-0.05, 0) is 54.7 Å². The van der Waals surface area contributed by atoms with Gasteiger partial charge in [-0.15, -0.1) is 11.8 Å². The molecular formula is C16H24FNS. The molecule has 106 valence electrons. The second-order valence-electron chi connectivity index (χ2n) is 6.01. The fraction of sp³-hybridized carbons (Fsp3) is 0.625. The summed E-state index contributed by atoms with van der Waals surface area (Å²) in [7, 11) is 0. The van der Waals surface area contributed by atoms with Gasteiger partial charge >= 0.3 is 0 Å². The third-order valence-corrected chi connectivity index (χ3v) is 5.26. The van der Waals surface area contributed by atoms with Crippen molar-refractivity contribution < 1.29 is 4.39 Å². The molecule has 3 heteroatoms. The van der Waals surface area contributed by atoms with Crippen LogP contribution in [0.1, 0.15) is 45.1 Å². The van der Waals surface area contributed by atoms with Crippen molar-refractivity contribution in [1.29, 1.82) is 0 Å². The third-order valence-electron chi connectivity index (χ3n) is 4.49. The lowest BCUT2D eigenvalue weighted by Gasteiger charge is -2.53. The fourth-order valence-electron chi connectivity index (χ4n) is 3.06. The van der Waals surface area contributed by atoms with Crippen LogP contribution in [0.5, 0.6) is 0 Å². The van der Waals surface area contributed by atoms with E-state index in [-0.39, 0.29) is 11.2 Å². The minimum atomic E-state index is -0.0780. The van der Waals surface area contributed by atoms with Gasteiger partial charge in [0.15, 0.2) is 0 Å². The van der Waals surface area contributed by atoms with Crippen LogP contribution < -0.4 is 5.32 Å². The van der Waals surface area contributed by atoms with Crippen LogP contribution >= 0.6 is 11.8 Å². The maximum Gasteiger partial charge on any atom is 0.137 e. The Morgan fingerprint density at radius 2 is 2.16 bits per heavy atom. The zero-order valence-electron chi connectivity index (χ0n) is 12.3. The Kier molecular flexibility index (Phi) is 4.57. The molecule has 1 aromatic rings. The number of rotatable bonds is 5. The summed E-state index contributed by atoms with van der Waals surface area (Å²) in [5.74, 6) is 0.387. The maximum absolute atomic E-state index is 13.9. The minimum absolute atomic E-state index is 0.0780. The number of hydrogen-bond donors (Lipinski definition) is 1. The maximum atomic E-state index is 13.9. The molecule has 1 aromatic carbocycles. The molecule has 19 heavy (non-hydrogen) atoms. The van der Waals surface area contributed by atoms with Gasteiger partial charge < -0.3 is 5.32 Å². The topological polar surface area (TPSA) is 12.0 Å². The lowest BCUT2D eigenvalue weighted by molar-refractivity contribution is 0.0692. The van der Waals surface area contributed by atoms with Crippen molar-refractivity contribution in [2.75, 3.05) is 12.8 Å². The van der Waals surface area contributed by atoms with Crippen LogP contribution in [-0.4, -0.2) is 18.8 Å². The zero-order chi connectivity index (χ0) is 14.0. The fourth-order valence-corrected chi connectivity index (χ4v) is 3.51. The van der Waals surface area contributed by atoms with Gasteiger partial charge in [-0.2, -0.15) is 0 Å². The predicted molar refractivity (Wildman–Crippen MR) is 81.4 cm³/mol. The van der Waals surface area contributed by atoms with Crippen LogP contribution in [0.4, 0.5) is 4.39 Å². The van der Waals surface area contributed by atoms with Crippen molar-refractivity contribution in [3.05, 3.63) is 29.6 Å². The van der Waals surface area contributed by atoms with E-state index in [0.717, 1.165) is 29.8 Å². The molecular weight excluding hydrogens is 257 g/mol. The average molecular weight is 281 g/mol. The highest BCUT2D eigenvalue weighted by atomic mass is 32.2. The highest BCUT2D eigenvalue weighted by Crippen LogP contribution is 2.52. The molecule has 0 amide bonds. The summed E-state index contributed by atoms with van der Waals surface area (Å²) in [6.07, 6.45) is 4.19. The first kappa shape index (κ1) is 14.9. The first-order valence-corrected chi connectivity index (χ1v) is 8.30. The third kappa shape index (κ3) is 2.82. The number of thioether (sulfide) groups is 1. The summed E-state index contributed by atoms with van der Waals surface area (Å²) < 4.78 is 13.9. The number of halogens is 1. The number of nitrogens with one attached hydrogen (secondary N) is 1. The van der Waals surface area contributed by atoms with Crippen molar-refractivity contribution in [3.8, 4) is 0 Å². The van der Waals surface area contributed by atoms with E-state index >= 15 is 0 Å². The lowest BCUT2D eigenvalue weighted by atomic mass is 9.56. The van der Waals surface area contributed by atoms with Crippen LogP contribution in [-0.2, 0) is 0 Å². The van der Waals surface area contributed by atoms with E-state index in [1.165, 1.54) is 11.8 Å². The SMILES string of the molecule is CCCNC1CC(c2ccc(SC)c(F)c2)C1(C)C. The Bertz CT molecular complexity index is 444. The molecule has 2 atom stereocenters. The second-order valence-corrected chi connectivity index (χ2v) is 6.86. The molecule has 1 N–H and O–H groups in total. The Labute approximate surface area is 120 Å². The van der Waals surface area contributed by atoms with Gasteiger partial charge in [0, 0.05) is 10.9 Å². The van der Waals surface area contributed by atoms with Crippen molar-refractivity contribution in [2.45, 2.75) is 50.5 Å². The van der Waals surface area contributed by atoms with Crippen LogP contribution in [0, 0.1) is 11.2 Å². The molecule has 1 nitrogen and oxygen atoms in total. The molecule has 0 bridgehead atoms. The van der Waals surface area contributed by atoms with Gasteiger partial charge in [-0.3, -0.25) is 0 Å². The molecule has 1 saturated carbocycles. The molecule has 2 rings (SSSR count). The first-order chi connectivity index (χ1) is 9.00. The van der Waals surface area contributed by atoms with Crippen molar-refractivity contribution in [2.24, 2.45) is 5.41 Å². The predicted octanol–water partition coefficient (Wildman–Crippen LogP) is 4.43. The van der Waals surface area contributed by atoms with E-state index in [9.17, 15) is 4.39 Å². The molecule has 1 fully saturated rings. The molecule has 1 aliphatic rings. The van der Waals surface area contributed by atoms with Gasteiger partial charge in [0.2, 0.25) is 0 Å². The van der Waals surface area contributed by atoms with E-state index in [2.05, 4.69) is 32.2 Å². The van der Waals surface area contributed by atoms with E-state index in [4.69, 9.17) is 0 Å². The van der Waals surface area contributed by atoms with E-state index in [1.54, 1.807) is 6.07 Å². The Morgan fingerprint density at radius 3 is 2.68 bits per heavy atom. The quantitative estimate of drug-likeness (QED) is 0.801. The van der Waals surface area contributed by atoms with Crippen LogP contribution in [0.15, 0.2) is 23.1 Å². The van der Waals surface area contributed by atoms with Gasteiger partial charge in [0.25, 0.3) is 0 Å². The summed E-state index contributed by atoms with van der Waals surface area (Å²) in [5, 5.41) is 3.60. The Balaban J connectivity index is 2.10. The number of hydrogen-bond acceptors (Lipinski definition) is 2. The monoisotopic (exact) mass is 281 g/mol. The smallest absolute Gasteiger partial charge is 0.137 e. The summed E-state index contributed by atoms with van der Waals surface area (Å²) >= 11 is 1.47. The van der Waals surface area contributed by atoms with Gasteiger partial charge in [-0.25, -0.2) is 4.39 Å². The highest BCUT2D eigenvalue weighted by Gasteiger charge is 2.48. The zero-order valence-corrected chi connectivity index (χ0v) is 13.1. The summed E-state index contributed by atoms with van der Waals surface area (Å²) in [6, 6.07) is 6.30. The Hall–Kier alpha value is -0.540. The number of benzene rings is 1. The van der Waals surface area contributed by atoms with Gasteiger partial charge in [-0.1, -0.05) is 26.8 Å². The standard InChI is InChI=1S/C16H24FNS/c1-5-8-18-15-10-12(16(15,2)3)11-6-7-14(19-4)13(17)9-11/h6-7,9,12,15,18H,5,8,10H2,1-4H3. The average Bonchev–Trinajstić information content (AvgIpc) is 2.38. The molecule has 0 radical (unpaired) electrons. The highest BCUT2D eigenvalue weighted by molar-refractivity contribution is 7.98. The normalized spacial score (nSPS) is 25.1. The minimum Gasteiger partial charge on any atom is -0.313 e. The van der Waals surface area contributed by atoms with Gasteiger partial charge in [0.05, 0.1) is 0 Å². The van der Waals surface area contributed by atoms with E-state index in [0.29, 0.717) is 12.0 Å². The lowest BCUT2D eigenvalue weighted by Crippen LogP contribution is -2.55. The first-order valence-electron chi connectivity index (χ1n) is 7.07. The molecule has 0 aliphatic heterocycles. The molecule has 0 aromatic heterocycles. The summed E-state index contributed by atoms with van der Waals surface area (Å²) in [6.45, 7) is 7.83. The van der Waals surface area contributed by atoms with Crippen molar-refractivity contribution >= 4 is 11.8 Å². The van der Waals surface area contributed by atoms with Crippen LogP contribution in [0.2, 0.25) is 0 Å². The molecule has 0 spiro atoms.